The van der Waals surface area contributed by atoms with Crippen LogP contribution in [0.5, 0.6) is 11.6 Å². The number of aromatic nitrogens is 6. The van der Waals surface area contributed by atoms with Gasteiger partial charge in [0.1, 0.15) is 29.6 Å². The van der Waals surface area contributed by atoms with Gasteiger partial charge in [-0.2, -0.15) is 14.9 Å². The number of pyridine rings is 1. The second-order valence-electron chi connectivity index (χ2n) is 20.6. The average molecular weight is 959 g/mol. The Kier molecular flexibility index (Phi) is 14.5. The minimum Gasteiger partial charge on any atom is -0.489 e. The molecule has 1 aliphatic carbocycles. The third-order valence-electron chi connectivity index (χ3n) is 15.1. The van der Waals surface area contributed by atoms with E-state index in [1.807, 2.05) is 29.0 Å². The number of nitriles is 1. The largest absolute Gasteiger partial charge is 0.489 e. The number of fused-ring (bicyclic) bond motifs is 1. The van der Waals surface area contributed by atoms with Gasteiger partial charge in [-0.1, -0.05) is 52.3 Å². The number of ether oxygens (including phenoxy) is 2. The quantitative estimate of drug-likeness (QED) is 0.0923. The van der Waals surface area contributed by atoms with Crippen LogP contribution < -0.4 is 29.9 Å². The van der Waals surface area contributed by atoms with Crippen molar-refractivity contribution in [3.63, 3.8) is 0 Å². The fourth-order valence-electron chi connectivity index (χ4n) is 11.8. The number of aryl methyl sites for hydroxylation is 1. The second kappa shape index (κ2) is 20.7. The first kappa shape index (κ1) is 48.3. The van der Waals surface area contributed by atoms with Gasteiger partial charge in [0.05, 0.1) is 29.0 Å². The van der Waals surface area contributed by atoms with Crippen molar-refractivity contribution in [1.29, 1.82) is 5.26 Å². The average Bonchev–Trinajstić information content (AvgIpc) is 3.79. The summed E-state index contributed by atoms with van der Waals surface area (Å²) in [5, 5.41) is 14.9. The van der Waals surface area contributed by atoms with Gasteiger partial charge >= 0.3 is 0 Å². The van der Waals surface area contributed by atoms with Crippen molar-refractivity contribution in [2.75, 3.05) is 86.8 Å². The summed E-state index contributed by atoms with van der Waals surface area (Å²) in [4.78, 5) is 42.5. The molecule has 0 spiro atoms. The van der Waals surface area contributed by atoms with Gasteiger partial charge in [-0.15, -0.1) is 0 Å². The summed E-state index contributed by atoms with van der Waals surface area (Å²) >= 11 is 6.49. The van der Waals surface area contributed by atoms with Crippen LogP contribution in [0.1, 0.15) is 100 Å². The van der Waals surface area contributed by atoms with Gasteiger partial charge in [-0.25, -0.2) is 19.9 Å². The normalized spacial score (nSPS) is 20.9. The summed E-state index contributed by atoms with van der Waals surface area (Å²) in [7, 11) is 0. The zero-order valence-corrected chi connectivity index (χ0v) is 41.7. The van der Waals surface area contributed by atoms with Crippen LogP contribution in [0.4, 0.5) is 17.6 Å². The predicted octanol–water partition coefficient (Wildman–Crippen LogP) is 7.28. The van der Waals surface area contributed by atoms with Gasteiger partial charge in [0.15, 0.2) is 5.65 Å². The molecule has 0 atom stereocenters. The minimum atomic E-state index is -0.507. The summed E-state index contributed by atoms with van der Waals surface area (Å²) < 4.78 is 15.1. The second-order valence-corrected chi connectivity index (χ2v) is 21.0. The van der Waals surface area contributed by atoms with Gasteiger partial charge in [0.25, 0.3) is 5.91 Å². The van der Waals surface area contributed by atoms with Crippen LogP contribution in [0.3, 0.4) is 0 Å². The van der Waals surface area contributed by atoms with E-state index in [-0.39, 0.29) is 23.0 Å². The van der Waals surface area contributed by atoms with Crippen LogP contribution in [0, 0.1) is 28.1 Å². The highest BCUT2D eigenvalue weighted by atomic mass is 35.5. The van der Waals surface area contributed by atoms with E-state index >= 15 is 0 Å². The van der Waals surface area contributed by atoms with E-state index in [0.717, 1.165) is 132 Å². The summed E-state index contributed by atoms with van der Waals surface area (Å²) in [6.07, 6.45) is 14.3. The lowest BCUT2D eigenvalue weighted by atomic mass is 9.48. The van der Waals surface area contributed by atoms with Crippen molar-refractivity contribution in [3.8, 4) is 17.7 Å². The van der Waals surface area contributed by atoms with Gasteiger partial charge in [0, 0.05) is 131 Å². The molecule has 1 saturated carbocycles. The van der Waals surface area contributed by atoms with Crippen LogP contribution in [-0.2, 0) is 13.0 Å². The minimum absolute atomic E-state index is 0.0196. The molecule has 3 saturated heterocycles. The highest BCUT2D eigenvalue weighted by Gasteiger charge is 2.66. The molecule has 4 fully saturated rings. The van der Waals surface area contributed by atoms with E-state index < -0.39 is 5.91 Å². The standard InChI is InChI=1S/C52H68ClN13O3/c1-6-38-33-59-66-45(28-43(60-47(38)66)63-18-8-7-9-19-63)65(48-51(2,3)49(52(48,4)5)69-41-13-12-39(29-54)42(53)27-41)35-37-11-14-44(56-30-37)68-26-10-17-61-22-24-62(25-23-61)34-36-15-20-64(21-16-36)50-57-31-40(32-58-50)46(55)67/h11-14,27-28,30-33,36,48-49H,6-10,15-26,34-35H2,1-5H3,(H2,55,67). The molecule has 0 unspecified atom stereocenters. The first-order chi connectivity index (χ1) is 33.3. The van der Waals surface area contributed by atoms with Crippen LogP contribution in [-0.4, -0.2) is 129 Å². The molecule has 0 radical (unpaired) electrons. The summed E-state index contributed by atoms with van der Waals surface area (Å²) in [6, 6.07) is 13.9. The molecular weight excluding hydrogens is 890 g/mol. The molecule has 0 bridgehead atoms. The van der Waals surface area contributed by atoms with Crippen LogP contribution >= 0.6 is 11.6 Å². The van der Waals surface area contributed by atoms with Crippen molar-refractivity contribution in [2.24, 2.45) is 22.5 Å². The highest BCUT2D eigenvalue weighted by Crippen LogP contribution is 2.59. The molecule has 2 N–H and O–H groups in total. The van der Waals surface area contributed by atoms with Crippen molar-refractivity contribution in [1.82, 2.24) is 39.3 Å². The maximum Gasteiger partial charge on any atom is 0.251 e. The zero-order valence-electron chi connectivity index (χ0n) is 41.0. The highest BCUT2D eigenvalue weighted by molar-refractivity contribution is 6.31. The number of carbonyl (C=O) groups excluding carboxylic acids is 1. The number of piperidine rings is 2. The lowest BCUT2D eigenvalue weighted by Crippen LogP contribution is -2.75. The van der Waals surface area contributed by atoms with Crippen LogP contribution in [0.2, 0.25) is 5.02 Å². The van der Waals surface area contributed by atoms with Crippen molar-refractivity contribution in [2.45, 2.75) is 98.3 Å². The Bertz CT molecular complexity index is 2580. The van der Waals surface area contributed by atoms with E-state index in [1.165, 1.54) is 18.8 Å². The summed E-state index contributed by atoms with van der Waals surface area (Å²) in [6.45, 7) is 22.7. The van der Waals surface area contributed by atoms with Crippen LogP contribution in [0.25, 0.3) is 5.65 Å². The van der Waals surface area contributed by atoms with Crippen LogP contribution in [0.15, 0.2) is 61.2 Å². The number of hydrogen-bond acceptors (Lipinski definition) is 14. The molecule has 4 aliphatic rings. The van der Waals surface area contributed by atoms with E-state index in [0.29, 0.717) is 52.8 Å². The molecule has 5 aromatic rings. The maximum absolute atomic E-state index is 11.4. The fraction of sp³-hybridized carbons (Fsp3) is 0.558. The van der Waals surface area contributed by atoms with Gasteiger partial charge in [-0.3, -0.25) is 4.79 Å². The first-order valence-electron chi connectivity index (χ1n) is 25.0. The molecular formula is C52H68ClN13O3. The number of amides is 1. The molecule has 3 aliphatic heterocycles. The number of primary amides is 1. The van der Waals surface area contributed by atoms with Gasteiger partial charge < -0.3 is 39.7 Å². The Morgan fingerprint density at radius 1 is 0.884 bits per heavy atom. The van der Waals surface area contributed by atoms with E-state index in [2.05, 4.69) is 87.3 Å². The Hall–Kier alpha value is -5.76. The molecule has 4 aromatic heterocycles. The molecule has 17 heteroatoms. The molecule has 7 heterocycles. The number of anilines is 3. The van der Waals surface area contributed by atoms with Crippen molar-refractivity contribution >= 4 is 40.7 Å². The third kappa shape index (κ3) is 10.4. The molecule has 16 nitrogen and oxygen atoms in total. The number of rotatable bonds is 17. The summed E-state index contributed by atoms with van der Waals surface area (Å²) in [5.74, 6) is 4.10. The van der Waals surface area contributed by atoms with E-state index in [1.54, 1.807) is 12.1 Å². The SMILES string of the molecule is CCc1cnn2c(N(Cc3ccc(OCCCN4CCN(CC5CCN(c6ncc(C(N)=O)cn6)CC5)CC4)nc3)C3C(C)(C)C(Oc4ccc(C#N)c(Cl)c4)C3(C)C)cc(N3CCCCC3)nc12. The third-order valence-corrected chi connectivity index (χ3v) is 15.4. The molecule has 1 aromatic carbocycles. The Labute approximate surface area is 411 Å². The lowest BCUT2D eigenvalue weighted by molar-refractivity contribution is -0.158. The Balaban J connectivity index is 0.825. The number of carbonyl (C=O) groups is 1. The molecule has 69 heavy (non-hydrogen) atoms. The molecule has 9 rings (SSSR count). The van der Waals surface area contributed by atoms with Crippen molar-refractivity contribution < 1.29 is 14.3 Å². The number of benzene rings is 1. The number of nitrogens with two attached hydrogens (primary N) is 1. The van der Waals surface area contributed by atoms with E-state index in [4.69, 9.17) is 41.9 Å². The predicted molar refractivity (Wildman–Crippen MR) is 269 cm³/mol. The van der Waals surface area contributed by atoms with Gasteiger partial charge in [-0.05, 0) is 68.6 Å². The molecule has 1 amide bonds. The van der Waals surface area contributed by atoms with Gasteiger partial charge in [0.2, 0.25) is 11.8 Å². The fourth-order valence-corrected chi connectivity index (χ4v) is 12.0. The Morgan fingerprint density at radius 2 is 1.61 bits per heavy atom. The smallest absolute Gasteiger partial charge is 0.251 e. The Morgan fingerprint density at radius 3 is 2.26 bits per heavy atom. The van der Waals surface area contributed by atoms with E-state index in [9.17, 15) is 10.1 Å². The molecule has 366 valence electrons. The number of hydrogen-bond donors (Lipinski definition) is 1. The number of piperazine rings is 1. The monoisotopic (exact) mass is 958 g/mol. The zero-order chi connectivity index (χ0) is 48.3. The first-order valence-corrected chi connectivity index (χ1v) is 25.3. The number of halogens is 1. The lowest BCUT2D eigenvalue weighted by Gasteiger charge is -2.66. The van der Waals surface area contributed by atoms with Crippen molar-refractivity contribution in [3.05, 3.63) is 88.5 Å². The maximum atomic E-state index is 11.4. The summed E-state index contributed by atoms with van der Waals surface area (Å²) in [5.41, 5.74) is 8.56. The number of nitrogens with zero attached hydrogens (tertiary/aromatic N) is 12. The topological polar surface area (TPSA) is 170 Å².